The maximum atomic E-state index is 11.6. The van der Waals surface area contributed by atoms with Crippen LogP contribution in [0.3, 0.4) is 0 Å². The molecule has 2 aromatic rings. The fraction of sp³-hybridized carbons (Fsp3) is 0.222. The Morgan fingerprint density at radius 1 is 1.30 bits per heavy atom. The first-order valence-electron chi connectivity index (χ1n) is 7.39. The van der Waals surface area contributed by atoms with Crippen molar-refractivity contribution in [3.8, 4) is 5.75 Å². The molecular formula is C18H20N2O3. The number of nitrogens with zero attached hydrogens (tertiary/aromatic N) is 1. The van der Waals surface area contributed by atoms with Crippen LogP contribution < -0.4 is 10.1 Å². The van der Waals surface area contributed by atoms with E-state index in [1.54, 1.807) is 19.2 Å². The Morgan fingerprint density at radius 2 is 2.09 bits per heavy atom. The zero-order valence-electron chi connectivity index (χ0n) is 13.0. The zero-order valence-corrected chi connectivity index (χ0v) is 13.0. The molecule has 0 fully saturated rings. The highest BCUT2D eigenvalue weighted by atomic mass is 16.5. The average molecular weight is 312 g/mol. The lowest BCUT2D eigenvalue weighted by Gasteiger charge is -2.08. The summed E-state index contributed by atoms with van der Waals surface area (Å²) in [6.07, 6.45) is 4.88. The third-order valence-electron chi connectivity index (χ3n) is 3.08. The minimum absolute atomic E-state index is 0.0815. The molecule has 1 aromatic carbocycles. The molecule has 0 radical (unpaired) electrons. The number of hydrogen-bond acceptors (Lipinski definition) is 4. The van der Waals surface area contributed by atoms with E-state index in [-0.39, 0.29) is 18.6 Å². The highest BCUT2D eigenvalue weighted by molar-refractivity contribution is 5.91. The summed E-state index contributed by atoms with van der Waals surface area (Å²) < 4.78 is 5.65. The molecule has 0 aliphatic carbocycles. The molecule has 120 valence electrons. The van der Waals surface area contributed by atoms with E-state index in [0.717, 1.165) is 17.0 Å². The number of hydrogen-bond donors (Lipinski definition) is 2. The molecule has 1 amide bonds. The molecule has 1 atom stereocenters. The van der Waals surface area contributed by atoms with Gasteiger partial charge in [-0.3, -0.25) is 9.78 Å². The number of benzene rings is 1. The van der Waals surface area contributed by atoms with Crippen molar-refractivity contribution in [2.75, 3.05) is 6.61 Å². The molecule has 5 nitrogen and oxygen atoms in total. The molecule has 5 heteroatoms. The first-order chi connectivity index (χ1) is 11.2. The molecule has 1 heterocycles. The summed E-state index contributed by atoms with van der Waals surface area (Å²) in [6, 6.07) is 12.9. The number of carbonyl (C=O) groups excluding carboxylic acids is 1. The van der Waals surface area contributed by atoms with Gasteiger partial charge in [0.15, 0.2) is 0 Å². The smallest absolute Gasteiger partial charge is 0.244 e. The van der Waals surface area contributed by atoms with Crippen LogP contribution in [0.25, 0.3) is 6.08 Å². The van der Waals surface area contributed by atoms with Crippen LogP contribution in [-0.4, -0.2) is 28.6 Å². The molecule has 0 saturated heterocycles. The number of nitrogens with one attached hydrogen (secondary N) is 1. The number of amides is 1. The van der Waals surface area contributed by atoms with Gasteiger partial charge in [-0.2, -0.15) is 0 Å². The van der Waals surface area contributed by atoms with E-state index in [2.05, 4.69) is 10.3 Å². The normalized spacial score (nSPS) is 12.1. The fourth-order valence-corrected chi connectivity index (χ4v) is 1.82. The predicted molar refractivity (Wildman–Crippen MR) is 88.7 cm³/mol. The van der Waals surface area contributed by atoms with Crippen molar-refractivity contribution in [2.24, 2.45) is 0 Å². The highest BCUT2D eigenvalue weighted by Gasteiger charge is 2.02. The van der Waals surface area contributed by atoms with Gasteiger partial charge in [0.2, 0.25) is 5.91 Å². The lowest BCUT2D eigenvalue weighted by molar-refractivity contribution is -0.117. The number of carbonyl (C=O) groups is 1. The van der Waals surface area contributed by atoms with Crippen LogP contribution in [0.1, 0.15) is 18.2 Å². The van der Waals surface area contributed by atoms with Crippen molar-refractivity contribution >= 4 is 12.0 Å². The van der Waals surface area contributed by atoms with Crippen LogP contribution in [0, 0.1) is 0 Å². The lowest BCUT2D eigenvalue weighted by atomic mass is 10.2. The molecule has 0 aliphatic rings. The Kier molecular flexibility index (Phi) is 6.32. The van der Waals surface area contributed by atoms with Gasteiger partial charge < -0.3 is 15.2 Å². The van der Waals surface area contributed by atoms with Crippen molar-refractivity contribution in [1.82, 2.24) is 10.3 Å². The summed E-state index contributed by atoms with van der Waals surface area (Å²) in [6.45, 7) is 2.07. The van der Waals surface area contributed by atoms with Gasteiger partial charge >= 0.3 is 0 Å². The Hall–Kier alpha value is -2.66. The van der Waals surface area contributed by atoms with Crippen LogP contribution in [0.5, 0.6) is 5.75 Å². The molecule has 1 unspecified atom stereocenters. The second-order valence-corrected chi connectivity index (χ2v) is 5.10. The number of pyridine rings is 1. The number of ether oxygens (including phenoxy) is 1. The fourth-order valence-electron chi connectivity index (χ4n) is 1.82. The van der Waals surface area contributed by atoms with E-state index < -0.39 is 0 Å². The van der Waals surface area contributed by atoms with E-state index in [1.807, 2.05) is 42.5 Å². The summed E-state index contributed by atoms with van der Waals surface area (Å²) in [5.74, 6) is 0.508. The first kappa shape index (κ1) is 16.7. The number of aliphatic hydroxyl groups excluding tert-OH is 1. The Morgan fingerprint density at radius 3 is 2.74 bits per heavy atom. The number of rotatable bonds is 7. The lowest BCUT2D eigenvalue weighted by Crippen LogP contribution is -2.33. The Balaban J connectivity index is 1.85. The van der Waals surface area contributed by atoms with Gasteiger partial charge in [-0.15, -0.1) is 0 Å². The van der Waals surface area contributed by atoms with Crippen molar-refractivity contribution in [3.05, 3.63) is 66.0 Å². The summed E-state index contributed by atoms with van der Waals surface area (Å²) in [5, 5.41) is 11.5. The SMILES string of the molecule is CC(CO)NC(=O)/C=C/c1ccc(OCc2ccccn2)cc1. The molecule has 0 aliphatic heterocycles. The maximum Gasteiger partial charge on any atom is 0.244 e. The molecule has 1 aromatic heterocycles. The van der Waals surface area contributed by atoms with Gasteiger partial charge in [-0.25, -0.2) is 0 Å². The van der Waals surface area contributed by atoms with Crippen LogP contribution in [0.15, 0.2) is 54.7 Å². The van der Waals surface area contributed by atoms with Gasteiger partial charge in [0.1, 0.15) is 12.4 Å². The molecule has 2 rings (SSSR count). The highest BCUT2D eigenvalue weighted by Crippen LogP contribution is 2.14. The van der Waals surface area contributed by atoms with E-state index in [4.69, 9.17) is 9.84 Å². The zero-order chi connectivity index (χ0) is 16.5. The van der Waals surface area contributed by atoms with Gasteiger partial charge in [-0.1, -0.05) is 18.2 Å². The predicted octanol–water partition coefficient (Wildman–Crippen LogP) is 2.17. The first-order valence-corrected chi connectivity index (χ1v) is 7.39. The second-order valence-electron chi connectivity index (χ2n) is 5.10. The van der Waals surface area contributed by atoms with E-state index in [9.17, 15) is 4.79 Å². The van der Waals surface area contributed by atoms with E-state index in [0.29, 0.717) is 6.61 Å². The monoisotopic (exact) mass is 312 g/mol. The van der Waals surface area contributed by atoms with Gasteiger partial charge in [0, 0.05) is 18.3 Å². The molecule has 0 spiro atoms. The topological polar surface area (TPSA) is 71.5 Å². The van der Waals surface area contributed by atoms with E-state index >= 15 is 0 Å². The molecule has 0 bridgehead atoms. The molecular weight excluding hydrogens is 292 g/mol. The Bertz CT molecular complexity index is 639. The van der Waals surface area contributed by atoms with Crippen molar-refractivity contribution in [3.63, 3.8) is 0 Å². The van der Waals surface area contributed by atoms with Crippen LogP contribution >= 0.6 is 0 Å². The largest absolute Gasteiger partial charge is 0.487 e. The summed E-state index contributed by atoms with van der Waals surface area (Å²) in [5.41, 5.74) is 1.76. The van der Waals surface area contributed by atoms with Gasteiger partial charge in [0.25, 0.3) is 0 Å². The van der Waals surface area contributed by atoms with Crippen LogP contribution in [-0.2, 0) is 11.4 Å². The van der Waals surface area contributed by atoms with Crippen molar-refractivity contribution in [1.29, 1.82) is 0 Å². The van der Waals surface area contributed by atoms with Crippen molar-refractivity contribution in [2.45, 2.75) is 19.6 Å². The summed E-state index contributed by atoms with van der Waals surface area (Å²) >= 11 is 0. The standard InChI is InChI=1S/C18H20N2O3/c1-14(12-21)20-18(22)10-7-15-5-8-17(9-6-15)23-13-16-4-2-3-11-19-16/h2-11,14,21H,12-13H2,1H3,(H,20,22)/b10-7+. The minimum Gasteiger partial charge on any atom is -0.487 e. The maximum absolute atomic E-state index is 11.6. The molecule has 2 N–H and O–H groups in total. The molecule has 0 saturated carbocycles. The Labute approximate surface area is 135 Å². The van der Waals surface area contributed by atoms with Crippen molar-refractivity contribution < 1.29 is 14.6 Å². The van der Waals surface area contributed by atoms with Gasteiger partial charge in [0.05, 0.1) is 12.3 Å². The number of aliphatic hydroxyl groups is 1. The average Bonchev–Trinajstić information content (AvgIpc) is 2.60. The third kappa shape index (κ3) is 5.92. The van der Waals surface area contributed by atoms with E-state index in [1.165, 1.54) is 6.08 Å². The van der Waals surface area contributed by atoms with Crippen LogP contribution in [0.2, 0.25) is 0 Å². The number of aromatic nitrogens is 1. The molecule has 23 heavy (non-hydrogen) atoms. The quantitative estimate of drug-likeness (QED) is 0.769. The van der Waals surface area contributed by atoms with Gasteiger partial charge in [-0.05, 0) is 42.8 Å². The summed E-state index contributed by atoms with van der Waals surface area (Å²) in [4.78, 5) is 15.8. The summed E-state index contributed by atoms with van der Waals surface area (Å²) in [7, 11) is 0. The minimum atomic E-state index is -0.255. The second kappa shape index (κ2) is 8.70. The van der Waals surface area contributed by atoms with Crippen LogP contribution in [0.4, 0.5) is 0 Å². The third-order valence-corrected chi connectivity index (χ3v) is 3.08.